The van der Waals surface area contributed by atoms with Gasteiger partial charge in [-0.25, -0.2) is 14.4 Å². The second-order valence-corrected chi connectivity index (χ2v) is 9.68. The first kappa shape index (κ1) is 27.1. The van der Waals surface area contributed by atoms with Gasteiger partial charge in [0.25, 0.3) is 0 Å². The molecule has 0 aliphatic carbocycles. The van der Waals surface area contributed by atoms with E-state index in [2.05, 4.69) is 20.9 Å². The second kappa shape index (κ2) is 11.6. The summed E-state index contributed by atoms with van der Waals surface area (Å²) in [7, 11) is 0. The number of carbonyl (C=O) groups excluding carboxylic acids is 4. The lowest BCUT2D eigenvalue weighted by molar-refractivity contribution is -0.157. The molecule has 0 saturated heterocycles. The number of amides is 4. The predicted molar refractivity (Wildman–Crippen MR) is 120 cm³/mol. The Kier molecular flexibility index (Phi) is 9.86. The van der Waals surface area contributed by atoms with Gasteiger partial charge in [-0.05, 0) is 67.7 Å². The topological polar surface area (TPSA) is 135 Å². The van der Waals surface area contributed by atoms with Crippen LogP contribution in [0.1, 0.15) is 74.1 Å². The highest BCUT2D eigenvalue weighted by molar-refractivity contribution is 6.09. The number of amidine groups is 1. The fraction of sp³-hybridized carbons (Fsp3) is 0.682. The van der Waals surface area contributed by atoms with E-state index in [1.54, 1.807) is 48.5 Å². The average molecular weight is 453 g/mol. The summed E-state index contributed by atoms with van der Waals surface area (Å²) >= 11 is 0. The SMILES string of the molecule is CC1=CC(=O)NC(=NC(=O)N[C@@H](CCCCNC(=O)OC(C)(C)C)C(=O)OC(C)(C)C)C1. The number of esters is 1. The first-order valence-electron chi connectivity index (χ1n) is 10.7. The van der Waals surface area contributed by atoms with E-state index in [4.69, 9.17) is 9.47 Å². The Hall–Kier alpha value is -2.91. The summed E-state index contributed by atoms with van der Waals surface area (Å²) in [5.41, 5.74) is -0.519. The van der Waals surface area contributed by atoms with Gasteiger partial charge in [0, 0.05) is 19.0 Å². The van der Waals surface area contributed by atoms with Gasteiger partial charge in [0.1, 0.15) is 23.1 Å². The molecular weight excluding hydrogens is 416 g/mol. The van der Waals surface area contributed by atoms with Crippen molar-refractivity contribution in [3.8, 4) is 0 Å². The van der Waals surface area contributed by atoms with Gasteiger partial charge in [-0.1, -0.05) is 5.57 Å². The Morgan fingerprint density at radius 3 is 2.28 bits per heavy atom. The quantitative estimate of drug-likeness (QED) is 0.401. The van der Waals surface area contributed by atoms with E-state index in [1.807, 2.05) is 0 Å². The normalized spacial score (nSPS) is 16.5. The molecule has 0 aromatic carbocycles. The molecule has 0 radical (unpaired) electrons. The van der Waals surface area contributed by atoms with E-state index in [-0.39, 0.29) is 11.7 Å². The fourth-order valence-corrected chi connectivity index (χ4v) is 2.73. The molecule has 0 fully saturated rings. The minimum absolute atomic E-state index is 0.219. The van der Waals surface area contributed by atoms with Crippen molar-refractivity contribution in [3.63, 3.8) is 0 Å². The van der Waals surface area contributed by atoms with E-state index >= 15 is 0 Å². The molecule has 1 aliphatic heterocycles. The van der Waals surface area contributed by atoms with Gasteiger partial charge >= 0.3 is 18.1 Å². The minimum atomic E-state index is -0.913. The van der Waals surface area contributed by atoms with Crippen LogP contribution in [0.4, 0.5) is 9.59 Å². The molecule has 0 saturated carbocycles. The Labute approximate surface area is 189 Å². The zero-order valence-corrected chi connectivity index (χ0v) is 20.1. The summed E-state index contributed by atoms with van der Waals surface area (Å²) in [6.45, 7) is 12.7. The molecule has 1 aliphatic rings. The summed E-state index contributed by atoms with van der Waals surface area (Å²) in [5.74, 6) is -0.701. The van der Waals surface area contributed by atoms with Crippen molar-refractivity contribution < 1.29 is 28.7 Å². The number of unbranched alkanes of at least 4 members (excludes halogenated alkanes) is 1. The van der Waals surface area contributed by atoms with Crippen molar-refractivity contribution >= 4 is 29.8 Å². The van der Waals surface area contributed by atoms with Crippen molar-refractivity contribution in [2.24, 2.45) is 4.99 Å². The van der Waals surface area contributed by atoms with Crippen molar-refractivity contribution in [1.82, 2.24) is 16.0 Å². The highest BCUT2D eigenvalue weighted by Gasteiger charge is 2.27. The van der Waals surface area contributed by atoms with Gasteiger partial charge in [-0.2, -0.15) is 4.99 Å². The number of ether oxygens (including phenoxy) is 2. The van der Waals surface area contributed by atoms with Crippen molar-refractivity contribution in [2.75, 3.05) is 6.54 Å². The zero-order chi connectivity index (χ0) is 24.5. The Bertz CT molecular complexity index is 774. The molecule has 0 aromatic rings. The largest absolute Gasteiger partial charge is 0.458 e. The number of rotatable bonds is 7. The van der Waals surface area contributed by atoms with E-state index < -0.39 is 35.3 Å². The molecule has 180 valence electrons. The van der Waals surface area contributed by atoms with Crippen LogP contribution in [0, 0.1) is 0 Å². The second-order valence-electron chi connectivity index (χ2n) is 9.68. The molecule has 0 unspecified atom stereocenters. The summed E-state index contributed by atoms with van der Waals surface area (Å²) in [6, 6.07) is -1.65. The third-order valence-corrected chi connectivity index (χ3v) is 3.90. The number of hydrogen-bond donors (Lipinski definition) is 3. The average Bonchev–Trinajstić information content (AvgIpc) is 2.56. The molecule has 1 heterocycles. The van der Waals surface area contributed by atoms with Crippen LogP contribution < -0.4 is 16.0 Å². The van der Waals surface area contributed by atoms with Crippen LogP contribution in [0.25, 0.3) is 0 Å². The number of hydrogen-bond acceptors (Lipinski definition) is 6. The van der Waals surface area contributed by atoms with Gasteiger partial charge in [0.05, 0.1) is 0 Å². The number of urea groups is 1. The molecule has 3 N–H and O–H groups in total. The van der Waals surface area contributed by atoms with E-state index in [1.165, 1.54) is 6.08 Å². The van der Waals surface area contributed by atoms with Crippen molar-refractivity contribution in [1.29, 1.82) is 0 Å². The summed E-state index contributed by atoms with van der Waals surface area (Å²) in [6.07, 6.45) is 2.67. The Morgan fingerprint density at radius 2 is 1.72 bits per heavy atom. The van der Waals surface area contributed by atoms with Gasteiger partial charge in [-0.15, -0.1) is 0 Å². The molecule has 4 amide bonds. The third kappa shape index (κ3) is 12.1. The van der Waals surface area contributed by atoms with Gasteiger partial charge in [0.15, 0.2) is 0 Å². The highest BCUT2D eigenvalue weighted by atomic mass is 16.6. The lowest BCUT2D eigenvalue weighted by Gasteiger charge is -2.24. The van der Waals surface area contributed by atoms with E-state index in [0.29, 0.717) is 32.2 Å². The molecule has 1 rings (SSSR count). The van der Waals surface area contributed by atoms with Gasteiger partial charge < -0.3 is 25.4 Å². The number of nitrogens with zero attached hydrogens (tertiary/aromatic N) is 1. The first-order chi connectivity index (χ1) is 14.6. The van der Waals surface area contributed by atoms with Crippen molar-refractivity contribution in [2.45, 2.75) is 91.4 Å². The standard InChI is InChI=1S/C22H36N4O6/c1-14-12-16(25-17(27)13-14)26-19(29)24-15(18(28)31-21(2,3)4)10-8-9-11-23-20(30)32-22(5,6)7/h13,15H,8-12H2,1-7H3,(H,23,30)(H2,24,25,26,27,29)/t15-/m0/s1. The van der Waals surface area contributed by atoms with Gasteiger partial charge in [0.2, 0.25) is 5.91 Å². The molecule has 10 heteroatoms. The maximum atomic E-state index is 12.6. The summed E-state index contributed by atoms with van der Waals surface area (Å²) < 4.78 is 10.6. The monoisotopic (exact) mass is 452 g/mol. The number of alkyl carbamates (subject to hydrolysis) is 1. The lowest BCUT2D eigenvalue weighted by atomic mass is 10.1. The van der Waals surface area contributed by atoms with Crippen molar-refractivity contribution in [3.05, 3.63) is 11.6 Å². The van der Waals surface area contributed by atoms with Crippen LogP contribution in [0.15, 0.2) is 16.6 Å². The van der Waals surface area contributed by atoms with Crippen LogP contribution in [0.5, 0.6) is 0 Å². The van der Waals surface area contributed by atoms with E-state index in [0.717, 1.165) is 5.57 Å². The summed E-state index contributed by atoms with van der Waals surface area (Å²) in [5, 5.41) is 7.73. The number of aliphatic imine (C=N–C) groups is 1. The minimum Gasteiger partial charge on any atom is -0.458 e. The van der Waals surface area contributed by atoms with Crippen LogP contribution in [-0.2, 0) is 19.1 Å². The molecule has 1 atom stereocenters. The van der Waals surface area contributed by atoms with Crippen LogP contribution in [0.2, 0.25) is 0 Å². The maximum Gasteiger partial charge on any atom is 0.407 e. The van der Waals surface area contributed by atoms with Crippen LogP contribution in [-0.4, -0.2) is 53.6 Å². The number of nitrogens with one attached hydrogen (secondary N) is 3. The Morgan fingerprint density at radius 1 is 1.09 bits per heavy atom. The molecule has 10 nitrogen and oxygen atoms in total. The molecule has 0 spiro atoms. The van der Waals surface area contributed by atoms with Gasteiger partial charge in [-0.3, -0.25) is 4.79 Å². The fourth-order valence-electron chi connectivity index (χ4n) is 2.73. The lowest BCUT2D eigenvalue weighted by Crippen LogP contribution is -2.44. The first-order valence-corrected chi connectivity index (χ1v) is 10.7. The Balaban J connectivity index is 2.64. The molecule has 0 aromatic heterocycles. The van der Waals surface area contributed by atoms with Crippen LogP contribution >= 0.6 is 0 Å². The summed E-state index contributed by atoms with van der Waals surface area (Å²) in [4.78, 5) is 52.1. The molecule has 32 heavy (non-hydrogen) atoms. The highest BCUT2D eigenvalue weighted by Crippen LogP contribution is 2.12. The van der Waals surface area contributed by atoms with E-state index in [9.17, 15) is 19.2 Å². The zero-order valence-electron chi connectivity index (χ0n) is 20.1. The predicted octanol–water partition coefficient (Wildman–Crippen LogP) is 2.97. The number of carbonyl (C=O) groups is 4. The smallest absolute Gasteiger partial charge is 0.407 e. The maximum absolute atomic E-state index is 12.6. The van der Waals surface area contributed by atoms with Crippen LogP contribution in [0.3, 0.4) is 0 Å². The third-order valence-electron chi connectivity index (χ3n) is 3.90. The molecule has 0 bridgehead atoms. The molecular formula is C22H36N4O6.